The van der Waals surface area contributed by atoms with E-state index in [1.54, 1.807) is 0 Å². The van der Waals surface area contributed by atoms with E-state index in [1.165, 1.54) is 61.0 Å². The van der Waals surface area contributed by atoms with Crippen LogP contribution in [0.2, 0.25) is 0 Å². The van der Waals surface area contributed by atoms with Gasteiger partial charge in [0.25, 0.3) is 0 Å². The molecule has 4 nitrogen and oxygen atoms in total. The molecular weight excluding hydrogens is 685 g/mol. The first-order valence-electron chi connectivity index (χ1n) is 19.5. The molecule has 0 amide bonds. The van der Waals surface area contributed by atoms with Gasteiger partial charge in [0.15, 0.2) is 23.0 Å². The maximum Gasteiger partial charge on any atom is 0.151 e. The minimum Gasteiger partial charge on any atom is -0.453 e. The highest BCUT2D eigenvalue weighted by atomic mass is 16.5. The van der Waals surface area contributed by atoms with Crippen LogP contribution in [-0.2, 0) is 10.8 Å². The van der Waals surface area contributed by atoms with E-state index >= 15 is 0 Å². The lowest BCUT2D eigenvalue weighted by molar-refractivity contribution is 0.477. The average molecular weight is 723 g/mol. The van der Waals surface area contributed by atoms with Crippen molar-refractivity contribution in [3.8, 4) is 45.3 Å². The minimum atomic E-state index is -0.238. The number of anilines is 6. The van der Waals surface area contributed by atoms with Crippen molar-refractivity contribution in [2.24, 2.45) is 0 Å². The molecule has 0 radical (unpaired) electrons. The zero-order valence-electron chi connectivity index (χ0n) is 31.7. The minimum absolute atomic E-state index is 0.217. The van der Waals surface area contributed by atoms with Gasteiger partial charge in [-0.3, -0.25) is 0 Å². The number of fused-ring (bicyclic) bond motifs is 12. The smallest absolute Gasteiger partial charge is 0.151 e. The van der Waals surface area contributed by atoms with Crippen LogP contribution in [0, 0.1) is 0 Å². The van der Waals surface area contributed by atoms with E-state index in [-0.39, 0.29) is 10.8 Å². The first-order chi connectivity index (χ1) is 27.3. The lowest BCUT2D eigenvalue weighted by Gasteiger charge is -2.34. The summed E-state index contributed by atoms with van der Waals surface area (Å²) >= 11 is 0. The second kappa shape index (κ2) is 10.9. The number of hydrogen-bond acceptors (Lipinski definition) is 4. The van der Waals surface area contributed by atoms with Crippen LogP contribution >= 0.6 is 0 Å². The van der Waals surface area contributed by atoms with E-state index in [9.17, 15) is 0 Å². The zero-order valence-corrected chi connectivity index (χ0v) is 31.7. The highest BCUT2D eigenvalue weighted by molar-refractivity contribution is 6.11. The van der Waals surface area contributed by atoms with Gasteiger partial charge in [0.05, 0.1) is 28.4 Å². The quantitative estimate of drug-likeness (QED) is 0.177. The molecule has 0 N–H and O–H groups in total. The Kier molecular flexibility index (Phi) is 6.15. The van der Waals surface area contributed by atoms with Crippen LogP contribution in [0.5, 0.6) is 23.0 Å². The summed E-state index contributed by atoms with van der Waals surface area (Å²) in [5.74, 6) is 3.45. The molecule has 2 aliphatic carbocycles. The number of para-hydroxylation sites is 8. The maximum absolute atomic E-state index is 6.44. The second-order valence-electron chi connectivity index (χ2n) is 16.5. The average Bonchev–Trinajstić information content (AvgIpc) is 3.59. The Balaban J connectivity index is 1.03. The Morgan fingerprint density at radius 1 is 0.357 bits per heavy atom. The van der Waals surface area contributed by atoms with Crippen molar-refractivity contribution in [2.45, 2.75) is 38.5 Å². The van der Waals surface area contributed by atoms with Gasteiger partial charge in [0.1, 0.15) is 0 Å². The predicted molar refractivity (Wildman–Crippen MR) is 229 cm³/mol. The van der Waals surface area contributed by atoms with Crippen molar-refractivity contribution < 1.29 is 9.47 Å². The fourth-order valence-electron chi connectivity index (χ4n) is 10.0. The third kappa shape index (κ3) is 4.08. The van der Waals surface area contributed by atoms with Crippen LogP contribution in [-0.4, -0.2) is 0 Å². The zero-order chi connectivity index (χ0) is 37.5. The van der Waals surface area contributed by atoms with E-state index in [4.69, 9.17) is 9.47 Å². The van der Waals surface area contributed by atoms with Gasteiger partial charge >= 0.3 is 0 Å². The molecule has 268 valence electrons. The Bertz CT molecular complexity index is 2920. The fourth-order valence-corrected chi connectivity index (χ4v) is 10.0. The summed E-state index contributed by atoms with van der Waals surface area (Å²) in [6.45, 7) is 9.59. The van der Waals surface area contributed by atoms with E-state index in [1.807, 2.05) is 24.3 Å². The van der Waals surface area contributed by atoms with Crippen molar-refractivity contribution in [3.05, 3.63) is 180 Å². The highest BCUT2D eigenvalue weighted by Crippen LogP contribution is 2.61. The molecule has 0 saturated heterocycles. The molecule has 0 atom stereocenters. The number of hydrogen-bond donors (Lipinski definition) is 0. The molecule has 2 aliphatic heterocycles. The monoisotopic (exact) mass is 722 g/mol. The van der Waals surface area contributed by atoms with Crippen LogP contribution < -0.4 is 19.3 Å². The molecule has 0 fully saturated rings. The Hall–Kier alpha value is -6.78. The van der Waals surface area contributed by atoms with Crippen molar-refractivity contribution in [2.75, 3.05) is 9.80 Å². The molecule has 12 rings (SSSR count). The SMILES string of the molecule is CC1(C)c2cc(N3c4ccccc4Oc4ccccc43)ccc2-c2cc3c(cc21)-c1c(cc(N2c4ccccc4Oc4ccccc42)c2ccccc12)C3(C)C. The van der Waals surface area contributed by atoms with E-state index in [0.29, 0.717) is 0 Å². The van der Waals surface area contributed by atoms with E-state index in [0.717, 1.165) is 51.4 Å². The lowest BCUT2D eigenvalue weighted by atomic mass is 9.79. The summed E-state index contributed by atoms with van der Waals surface area (Å²) in [7, 11) is 0. The molecule has 0 unspecified atom stereocenters. The third-order valence-electron chi connectivity index (χ3n) is 12.8. The van der Waals surface area contributed by atoms with Gasteiger partial charge in [-0.2, -0.15) is 0 Å². The van der Waals surface area contributed by atoms with Crippen LogP contribution in [0.25, 0.3) is 33.0 Å². The lowest BCUT2D eigenvalue weighted by Crippen LogP contribution is -2.19. The summed E-state index contributed by atoms with van der Waals surface area (Å²) in [5.41, 5.74) is 16.8. The van der Waals surface area contributed by atoms with Crippen molar-refractivity contribution >= 4 is 44.9 Å². The van der Waals surface area contributed by atoms with Crippen molar-refractivity contribution in [1.29, 1.82) is 0 Å². The summed E-state index contributed by atoms with van der Waals surface area (Å²) in [6.07, 6.45) is 0. The number of nitrogens with zero attached hydrogens (tertiary/aromatic N) is 2. The highest BCUT2D eigenvalue weighted by Gasteiger charge is 2.43. The summed E-state index contributed by atoms with van der Waals surface area (Å²) < 4.78 is 12.8. The summed E-state index contributed by atoms with van der Waals surface area (Å²) in [6, 6.07) is 56.9. The van der Waals surface area contributed by atoms with Crippen molar-refractivity contribution in [1.82, 2.24) is 0 Å². The van der Waals surface area contributed by atoms with Crippen LogP contribution in [0.3, 0.4) is 0 Å². The molecule has 0 bridgehead atoms. The maximum atomic E-state index is 6.44. The molecule has 2 heterocycles. The summed E-state index contributed by atoms with van der Waals surface area (Å²) in [4.78, 5) is 4.75. The third-order valence-corrected chi connectivity index (χ3v) is 12.8. The Morgan fingerprint density at radius 3 is 1.39 bits per heavy atom. The number of rotatable bonds is 2. The standard InChI is InChI=1S/C52H38N2O2/c1-51(2)37-27-31(53-41-17-7-11-21-46(41)55-47-22-12-8-18-42(47)53)25-26-32(37)35-28-39-36(29-38(35)51)50-34-16-6-5-15-33(34)45(30-40(50)52(39,3)4)54-43-19-9-13-23-48(43)56-49-24-14-10-20-44(49)54/h5-30H,1-4H3. The molecule has 4 aliphatic rings. The molecule has 0 saturated carbocycles. The first-order valence-corrected chi connectivity index (χ1v) is 19.5. The molecule has 56 heavy (non-hydrogen) atoms. The molecule has 8 aromatic carbocycles. The molecule has 0 spiro atoms. The van der Waals surface area contributed by atoms with Crippen LogP contribution in [0.15, 0.2) is 158 Å². The van der Waals surface area contributed by atoms with Crippen LogP contribution in [0.4, 0.5) is 34.1 Å². The fraction of sp³-hybridized carbons (Fsp3) is 0.115. The van der Waals surface area contributed by atoms with Gasteiger partial charge < -0.3 is 19.3 Å². The van der Waals surface area contributed by atoms with E-state index in [2.05, 4.69) is 171 Å². The predicted octanol–water partition coefficient (Wildman–Crippen LogP) is 14.6. The van der Waals surface area contributed by atoms with Gasteiger partial charge in [-0.05, 0) is 129 Å². The topological polar surface area (TPSA) is 24.9 Å². The number of ether oxygens (including phenoxy) is 2. The molecule has 8 aromatic rings. The first kappa shape index (κ1) is 31.6. The van der Waals surface area contributed by atoms with E-state index < -0.39 is 0 Å². The van der Waals surface area contributed by atoms with Crippen LogP contribution in [0.1, 0.15) is 49.9 Å². The Labute approximate surface area is 326 Å². The Morgan fingerprint density at radius 2 is 0.804 bits per heavy atom. The van der Waals surface area contributed by atoms with Gasteiger partial charge in [-0.1, -0.05) is 107 Å². The molecular formula is C52H38N2O2. The molecule has 0 aromatic heterocycles. The van der Waals surface area contributed by atoms with Gasteiger partial charge in [0.2, 0.25) is 0 Å². The largest absolute Gasteiger partial charge is 0.453 e. The summed E-state index contributed by atoms with van der Waals surface area (Å²) in [5, 5.41) is 2.49. The van der Waals surface area contributed by atoms with Crippen molar-refractivity contribution in [3.63, 3.8) is 0 Å². The molecule has 4 heteroatoms. The van der Waals surface area contributed by atoms with Gasteiger partial charge in [-0.25, -0.2) is 0 Å². The number of benzene rings is 8. The van der Waals surface area contributed by atoms with Gasteiger partial charge in [0, 0.05) is 21.9 Å². The van der Waals surface area contributed by atoms with Gasteiger partial charge in [-0.15, -0.1) is 0 Å². The normalized spacial score (nSPS) is 15.6. The second-order valence-corrected chi connectivity index (χ2v) is 16.5.